The van der Waals surface area contributed by atoms with Gasteiger partial charge in [0.1, 0.15) is 4.32 Å². The molecule has 112 valence electrons. The summed E-state index contributed by atoms with van der Waals surface area (Å²) in [5.74, 6) is 1.34. The largest absolute Gasteiger partial charge is 0.493 e. The number of amides is 1. The summed E-state index contributed by atoms with van der Waals surface area (Å²) in [6, 6.07) is 5.86. The Kier molecular flexibility index (Phi) is 5.25. The zero-order chi connectivity index (χ0) is 15.4. The van der Waals surface area contributed by atoms with Gasteiger partial charge in [0.15, 0.2) is 11.5 Å². The molecule has 21 heavy (non-hydrogen) atoms. The number of thioether (sulfide) groups is 1. The molecule has 0 radical (unpaired) electrons. The van der Waals surface area contributed by atoms with Gasteiger partial charge in [-0.2, -0.15) is 0 Å². The van der Waals surface area contributed by atoms with Crippen LogP contribution < -0.4 is 14.8 Å². The summed E-state index contributed by atoms with van der Waals surface area (Å²) < 4.78 is 11.0. The maximum absolute atomic E-state index is 11.7. The van der Waals surface area contributed by atoms with E-state index in [4.69, 9.17) is 21.7 Å². The van der Waals surface area contributed by atoms with E-state index < -0.39 is 0 Å². The standard InChI is InChI=1S/C15H17NO3S2/c1-9(13-14(17)16-15(20)21-13)4-5-10-6-7-11(18-2)12(8-10)19-3/h6-8H,4-5H2,1-3H3,(H,16,17,20). The van der Waals surface area contributed by atoms with Gasteiger partial charge in [0.25, 0.3) is 5.91 Å². The lowest BCUT2D eigenvalue weighted by atomic mass is 10.0. The number of hydrogen-bond donors (Lipinski definition) is 1. The number of benzene rings is 1. The normalized spacial score (nSPS) is 16.7. The van der Waals surface area contributed by atoms with Crippen molar-refractivity contribution in [2.75, 3.05) is 14.2 Å². The molecule has 1 amide bonds. The summed E-state index contributed by atoms with van der Waals surface area (Å²) in [4.78, 5) is 12.4. The van der Waals surface area contributed by atoms with Crippen molar-refractivity contribution in [3.63, 3.8) is 0 Å². The third-order valence-electron chi connectivity index (χ3n) is 3.24. The van der Waals surface area contributed by atoms with E-state index in [9.17, 15) is 4.79 Å². The van der Waals surface area contributed by atoms with Gasteiger partial charge in [-0.3, -0.25) is 4.79 Å². The predicted octanol–water partition coefficient (Wildman–Crippen LogP) is 3.06. The van der Waals surface area contributed by atoms with Gasteiger partial charge in [0, 0.05) is 0 Å². The first-order valence-corrected chi connectivity index (χ1v) is 7.71. The number of nitrogens with one attached hydrogen (secondary N) is 1. The number of aryl methyl sites for hydroxylation is 1. The number of ether oxygens (including phenoxy) is 2. The molecule has 1 aromatic carbocycles. The van der Waals surface area contributed by atoms with Gasteiger partial charge in [-0.15, -0.1) is 0 Å². The molecule has 0 bridgehead atoms. The Hall–Kier alpha value is -1.53. The average Bonchev–Trinajstić information content (AvgIpc) is 2.83. The predicted molar refractivity (Wildman–Crippen MR) is 88.9 cm³/mol. The molecule has 0 aromatic heterocycles. The highest BCUT2D eigenvalue weighted by Crippen LogP contribution is 2.31. The van der Waals surface area contributed by atoms with Crippen LogP contribution in [0.25, 0.3) is 0 Å². The number of carbonyl (C=O) groups is 1. The highest BCUT2D eigenvalue weighted by atomic mass is 32.2. The first-order valence-electron chi connectivity index (χ1n) is 6.49. The van der Waals surface area contributed by atoms with E-state index in [1.807, 2.05) is 25.1 Å². The van der Waals surface area contributed by atoms with Crippen LogP contribution in [-0.2, 0) is 11.2 Å². The second-order valence-electron chi connectivity index (χ2n) is 4.64. The van der Waals surface area contributed by atoms with Crippen molar-refractivity contribution in [2.45, 2.75) is 19.8 Å². The van der Waals surface area contributed by atoms with E-state index >= 15 is 0 Å². The van der Waals surface area contributed by atoms with Gasteiger partial charge >= 0.3 is 0 Å². The lowest BCUT2D eigenvalue weighted by Crippen LogP contribution is -2.18. The smallest absolute Gasteiger partial charge is 0.263 e. The zero-order valence-corrected chi connectivity index (χ0v) is 13.8. The first kappa shape index (κ1) is 15.9. The van der Waals surface area contributed by atoms with Crippen molar-refractivity contribution < 1.29 is 14.3 Å². The summed E-state index contributed by atoms with van der Waals surface area (Å²) in [6.07, 6.45) is 1.63. The lowest BCUT2D eigenvalue weighted by molar-refractivity contribution is -0.115. The van der Waals surface area contributed by atoms with Gasteiger partial charge in [-0.05, 0) is 37.5 Å². The molecule has 0 spiro atoms. The Labute approximate surface area is 133 Å². The molecular weight excluding hydrogens is 306 g/mol. The van der Waals surface area contributed by atoms with Crippen molar-refractivity contribution >= 4 is 34.2 Å². The van der Waals surface area contributed by atoms with Crippen molar-refractivity contribution in [1.82, 2.24) is 5.32 Å². The average molecular weight is 323 g/mol. The topological polar surface area (TPSA) is 47.6 Å². The van der Waals surface area contributed by atoms with Crippen LogP contribution in [0.4, 0.5) is 0 Å². The molecule has 1 saturated heterocycles. The van der Waals surface area contributed by atoms with Crippen molar-refractivity contribution in [3.8, 4) is 11.5 Å². The molecule has 1 aliphatic heterocycles. The lowest BCUT2D eigenvalue weighted by Gasteiger charge is -2.10. The van der Waals surface area contributed by atoms with Crippen LogP contribution in [0.15, 0.2) is 28.7 Å². The number of rotatable bonds is 5. The Morgan fingerprint density at radius 1 is 1.29 bits per heavy atom. The number of thiocarbonyl (C=S) groups is 1. The summed E-state index contributed by atoms with van der Waals surface area (Å²) in [5, 5.41) is 2.64. The molecule has 6 heteroatoms. The van der Waals surface area contributed by atoms with Gasteiger partial charge in [0.05, 0.1) is 19.1 Å². The van der Waals surface area contributed by atoms with Crippen LogP contribution in [0.2, 0.25) is 0 Å². The van der Waals surface area contributed by atoms with Crippen LogP contribution in [0.1, 0.15) is 18.9 Å². The highest BCUT2D eigenvalue weighted by Gasteiger charge is 2.24. The second kappa shape index (κ2) is 6.95. The minimum Gasteiger partial charge on any atom is -0.493 e. The quantitative estimate of drug-likeness (QED) is 0.666. The monoisotopic (exact) mass is 323 g/mol. The SMILES string of the molecule is COc1ccc(CCC(C)=C2SC(=S)NC2=O)cc1OC. The maximum atomic E-state index is 11.7. The summed E-state index contributed by atoms with van der Waals surface area (Å²) in [5.41, 5.74) is 2.19. The number of allylic oxidation sites excluding steroid dienone is 1. The molecule has 2 rings (SSSR count). The Bertz CT molecular complexity index is 611. The fraction of sp³-hybridized carbons (Fsp3) is 0.333. The Morgan fingerprint density at radius 2 is 2.00 bits per heavy atom. The van der Waals surface area contributed by atoms with Crippen LogP contribution in [0, 0.1) is 0 Å². The molecule has 1 aliphatic rings. The van der Waals surface area contributed by atoms with E-state index in [1.54, 1.807) is 14.2 Å². The van der Waals surface area contributed by atoms with Gasteiger partial charge in [0.2, 0.25) is 0 Å². The van der Waals surface area contributed by atoms with Crippen molar-refractivity contribution in [3.05, 3.63) is 34.2 Å². The molecule has 0 saturated carbocycles. The number of carbonyl (C=O) groups excluding carboxylic acids is 1. The Balaban J connectivity index is 2.08. The molecular formula is C15H17NO3S2. The third kappa shape index (κ3) is 3.77. The second-order valence-corrected chi connectivity index (χ2v) is 6.33. The maximum Gasteiger partial charge on any atom is 0.263 e. The van der Waals surface area contributed by atoms with E-state index in [2.05, 4.69) is 5.32 Å². The molecule has 1 heterocycles. The summed E-state index contributed by atoms with van der Waals surface area (Å²) in [7, 11) is 3.24. The molecule has 1 aromatic rings. The molecule has 0 unspecified atom stereocenters. The zero-order valence-electron chi connectivity index (χ0n) is 12.2. The van der Waals surface area contributed by atoms with E-state index in [1.165, 1.54) is 11.8 Å². The third-order valence-corrected chi connectivity index (χ3v) is 4.62. The van der Waals surface area contributed by atoms with Crippen molar-refractivity contribution in [1.29, 1.82) is 0 Å². The van der Waals surface area contributed by atoms with Crippen LogP contribution in [-0.4, -0.2) is 24.4 Å². The van der Waals surface area contributed by atoms with Gasteiger partial charge in [-0.25, -0.2) is 0 Å². The fourth-order valence-corrected chi connectivity index (χ4v) is 3.17. The van der Waals surface area contributed by atoms with Gasteiger partial charge in [-0.1, -0.05) is 35.6 Å². The minimum absolute atomic E-state index is 0.0881. The first-order chi connectivity index (χ1) is 10.0. The molecule has 0 aliphatic carbocycles. The Morgan fingerprint density at radius 3 is 2.57 bits per heavy atom. The number of hydrogen-bond acceptors (Lipinski definition) is 5. The van der Waals surface area contributed by atoms with Gasteiger partial charge < -0.3 is 14.8 Å². The molecule has 4 nitrogen and oxygen atoms in total. The van der Waals surface area contributed by atoms with E-state index in [0.717, 1.165) is 34.6 Å². The van der Waals surface area contributed by atoms with Crippen LogP contribution >= 0.6 is 24.0 Å². The van der Waals surface area contributed by atoms with Crippen molar-refractivity contribution in [2.24, 2.45) is 0 Å². The molecule has 0 atom stereocenters. The van der Waals surface area contributed by atoms with Crippen LogP contribution in [0.3, 0.4) is 0 Å². The fourth-order valence-electron chi connectivity index (χ4n) is 2.08. The summed E-state index contributed by atoms with van der Waals surface area (Å²) >= 11 is 6.33. The number of methoxy groups -OCH3 is 2. The molecule has 1 fully saturated rings. The summed E-state index contributed by atoms with van der Waals surface area (Å²) in [6.45, 7) is 1.97. The van der Waals surface area contributed by atoms with E-state index in [0.29, 0.717) is 10.1 Å². The molecule has 1 N–H and O–H groups in total. The highest BCUT2D eigenvalue weighted by molar-refractivity contribution is 8.26. The minimum atomic E-state index is -0.0881. The van der Waals surface area contributed by atoms with E-state index in [-0.39, 0.29) is 5.91 Å². The van der Waals surface area contributed by atoms with Crippen LogP contribution in [0.5, 0.6) is 11.5 Å².